The van der Waals surface area contributed by atoms with Gasteiger partial charge in [-0.25, -0.2) is 9.78 Å². The first kappa shape index (κ1) is 11.5. The van der Waals surface area contributed by atoms with E-state index in [0.717, 1.165) is 18.2 Å². The Bertz CT molecular complexity index is 361. The van der Waals surface area contributed by atoms with Crippen molar-refractivity contribution in [1.29, 1.82) is 0 Å². The Kier molecular flexibility index (Phi) is 3.90. The van der Waals surface area contributed by atoms with Gasteiger partial charge >= 0.3 is 5.97 Å². The third-order valence-corrected chi connectivity index (χ3v) is 3.87. The van der Waals surface area contributed by atoms with E-state index in [4.69, 9.17) is 5.11 Å². The second-order valence-electron chi connectivity index (χ2n) is 4.21. The molecule has 1 fully saturated rings. The monoisotopic (exact) mass is 240 g/mol. The molecular formula is C11H16N2O2S. The first-order valence-electron chi connectivity index (χ1n) is 5.64. The number of hydrogen-bond donors (Lipinski definition) is 2. The van der Waals surface area contributed by atoms with E-state index >= 15 is 0 Å². The predicted molar refractivity (Wildman–Crippen MR) is 62.7 cm³/mol. The molecule has 1 saturated carbocycles. The maximum atomic E-state index is 10.6. The summed E-state index contributed by atoms with van der Waals surface area (Å²) in [6.45, 7) is 1.68. The van der Waals surface area contributed by atoms with Crippen LogP contribution in [0.15, 0.2) is 5.38 Å². The first-order chi connectivity index (χ1) is 7.75. The highest BCUT2D eigenvalue weighted by Crippen LogP contribution is 2.28. The summed E-state index contributed by atoms with van der Waals surface area (Å²) >= 11 is 1.19. The lowest BCUT2D eigenvalue weighted by Gasteiger charge is -2.25. The fourth-order valence-corrected chi connectivity index (χ4v) is 2.44. The molecule has 88 valence electrons. The van der Waals surface area contributed by atoms with Gasteiger partial charge in [-0.2, -0.15) is 0 Å². The number of aromatic nitrogens is 1. The molecule has 0 aliphatic heterocycles. The molecule has 5 heteroatoms. The molecule has 0 bridgehead atoms. The minimum Gasteiger partial charge on any atom is -0.476 e. The van der Waals surface area contributed by atoms with Crippen LogP contribution in [0, 0.1) is 5.92 Å². The lowest BCUT2D eigenvalue weighted by atomic mass is 9.83. The molecule has 16 heavy (non-hydrogen) atoms. The predicted octanol–water partition coefficient (Wildman–Crippen LogP) is 2.12. The second-order valence-corrected chi connectivity index (χ2v) is 5.07. The van der Waals surface area contributed by atoms with Crippen molar-refractivity contribution in [3.63, 3.8) is 0 Å². The molecule has 0 amide bonds. The smallest absolute Gasteiger partial charge is 0.365 e. The highest BCUT2D eigenvalue weighted by molar-refractivity contribution is 7.11. The van der Waals surface area contributed by atoms with Crippen LogP contribution in [0.3, 0.4) is 0 Å². The van der Waals surface area contributed by atoms with Gasteiger partial charge in [-0.3, -0.25) is 0 Å². The summed E-state index contributed by atoms with van der Waals surface area (Å²) in [7, 11) is 0. The average molecular weight is 240 g/mol. The maximum absolute atomic E-state index is 10.6. The van der Waals surface area contributed by atoms with Gasteiger partial charge in [-0.1, -0.05) is 19.3 Å². The molecule has 2 N–H and O–H groups in total. The molecule has 1 aliphatic rings. The zero-order valence-electron chi connectivity index (χ0n) is 9.11. The largest absolute Gasteiger partial charge is 0.476 e. The Labute approximate surface area is 98.7 Å². The fourth-order valence-electron chi connectivity index (χ4n) is 1.79. The van der Waals surface area contributed by atoms with Gasteiger partial charge in [-0.15, -0.1) is 11.3 Å². The van der Waals surface area contributed by atoms with E-state index in [1.807, 2.05) is 0 Å². The van der Waals surface area contributed by atoms with E-state index in [1.54, 1.807) is 5.38 Å². The van der Waals surface area contributed by atoms with Crippen LogP contribution < -0.4 is 5.32 Å². The lowest BCUT2D eigenvalue weighted by molar-refractivity contribution is 0.0696. The van der Waals surface area contributed by atoms with Crippen LogP contribution in [0.5, 0.6) is 0 Å². The van der Waals surface area contributed by atoms with Gasteiger partial charge in [-0.05, 0) is 18.9 Å². The molecule has 0 saturated heterocycles. The standard InChI is InChI=1S/C11H16N2O2S/c14-11(15)10-13-9(7-16-10)6-12-5-4-8-2-1-3-8/h7-8,12H,1-6H2,(H,14,15). The van der Waals surface area contributed by atoms with Crippen LogP contribution in [-0.4, -0.2) is 22.6 Å². The third kappa shape index (κ3) is 3.02. The van der Waals surface area contributed by atoms with Crippen molar-refractivity contribution in [3.05, 3.63) is 16.1 Å². The summed E-state index contributed by atoms with van der Waals surface area (Å²) in [5.41, 5.74) is 0.830. The van der Waals surface area contributed by atoms with Gasteiger partial charge in [0.2, 0.25) is 5.01 Å². The molecule has 1 aromatic rings. The second kappa shape index (κ2) is 5.41. The number of thiazole rings is 1. The highest BCUT2D eigenvalue weighted by Gasteiger charge is 2.16. The molecule has 0 aromatic carbocycles. The average Bonchev–Trinajstić information content (AvgIpc) is 2.63. The van der Waals surface area contributed by atoms with Crippen LogP contribution in [0.2, 0.25) is 0 Å². The zero-order valence-corrected chi connectivity index (χ0v) is 9.92. The number of carboxylic acids is 1. The minimum absolute atomic E-state index is 0.177. The van der Waals surface area contributed by atoms with Gasteiger partial charge in [0.25, 0.3) is 0 Å². The van der Waals surface area contributed by atoms with Crippen LogP contribution in [-0.2, 0) is 6.54 Å². The summed E-state index contributed by atoms with van der Waals surface area (Å²) in [6, 6.07) is 0. The van der Waals surface area contributed by atoms with E-state index in [-0.39, 0.29) is 5.01 Å². The number of carbonyl (C=O) groups is 1. The van der Waals surface area contributed by atoms with Crippen molar-refractivity contribution in [1.82, 2.24) is 10.3 Å². The van der Waals surface area contributed by atoms with Crippen LogP contribution in [0.4, 0.5) is 0 Å². The lowest BCUT2D eigenvalue weighted by Crippen LogP contribution is -2.21. The topological polar surface area (TPSA) is 62.2 Å². The first-order valence-corrected chi connectivity index (χ1v) is 6.52. The molecule has 0 spiro atoms. The molecule has 0 atom stereocenters. The van der Waals surface area contributed by atoms with Gasteiger partial charge in [0.15, 0.2) is 0 Å². The number of nitrogens with one attached hydrogen (secondary N) is 1. The molecule has 1 aliphatic carbocycles. The molecule has 1 aromatic heterocycles. The quantitative estimate of drug-likeness (QED) is 0.748. The summed E-state index contributed by atoms with van der Waals surface area (Å²) in [4.78, 5) is 14.6. The number of hydrogen-bond acceptors (Lipinski definition) is 4. The Morgan fingerprint density at radius 1 is 1.62 bits per heavy atom. The summed E-state index contributed by atoms with van der Waals surface area (Å²) in [5, 5.41) is 14.0. The molecule has 0 radical (unpaired) electrons. The highest BCUT2D eigenvalue weighted by atomic mass is 32.1. The van der Waals surface area contributed by atoms with Crippen molar-refractivity contribution >= 4 is 17.3 Å². The van der Waals surface area contributed by atoms with Crippen LogP contribution in [0.1, 0.15) is 41.2 Å². The van der Waals surface area contributed by atoms with Crippen molar-refractivity contribution in [3.8, 4) is 0 Å². The van der Waals surface area contributed by atoms with Crippen molar-refractivity contribution in [2.24, 2.45) is 5.92 Å². The van der Waals surface area contributed by atoms with Crippen molar-refractivity contribution in [2.75, 3.05) is 6.54 Å². The van der Waals surface area contributed by atoms with E-state index in [9.17, 15) is 4.79 Å². The number of rotatable bonds is 6. The van der Waals surface area contributed by atoms with E-state index < -0.39 is 5.97 Å². The van der Waals surface area contributed by atoms with Gasteiger partial charge in [0.1, 0.15) is 0 Å². The normalized spacial score (nSPS) is 16.0. The van der Waals surface area contributed by atoms with Gasteiger partial charge in [0, 0.05) is 11.9 Å². The molecule has 2 rings (SSSR count). The Balaban J connectivity index is 1.66. The number of nitrogens with zero attached hydrogens (tertiary/aromatic N) is 1. The van der Waals surface area contributed by atoms with E-state index in [2.05, 4.69) is 10.3 Å². The Morgan fingerprint density at radius 3 is 3.00 bits per heavy atom. The maximum Gasteiger partial charge on any atom is 0.365 e. The summed E-state index contributed by atoms with van der Waals surface area (Å²) < 4.78 is 0. The fraction of sp³-hybridized carbons (Fsp3) is 0.636. The van der Waals surface area contributed by atoms with Crippen LogP contribution >= 0.6 is 11.3 Å². The SMILES string of the molecule is O=C(O)c1nc(CNCCC2CCC2)cs1. The van der Waals surface area contributed by atoms with Crippen LogP contribution in [0.25, 0.3) is 0 Å². The molecule has 4 nitrogen and oxygen atoms in total. The Hall–Kier alpha value is -0.940. The number of carboxylic acid groups (broad SMARTS) is 1. The molecule has 1 heterocycles. The van der Waals surface area contributed by atoms with Gasteiger partial charge < -0.3 is 10.4 Å². The number of aromatic carboxylic acids is 1. The van der Waals surface area contributed by atoms with Crippen molar-refractivity contribution in [2.45, 2.75) is 32.2 Å². The molecule has 0 unspecified atom stereocenters. The summed E-state index contributed by atoms with van der Waals surface area (Å²) in [5.74, 6) is -0.0248. The van der Waals surface area contributed by atoms with E-state index in [0.29, 0.717) is 6.54 Å². The third-order valence-electron chi connectivity index (χ3n) is 2.99. The van der Waals surface area contributed by atoms with Crippen molar-refractivity contribution < 1.29 is 9.90 Å². The molecular weight excluding hydrogens is 224 g/mol. The summed E-state index contributed by atoms with van der Waals surface area (Å²) in [6.07, 6.45) is 5.37. The minimum atomic E-state index is -0.939. The van der Waals surface area contributed by atoms with Gasteiger partial charge in [0.05, 0.1) is 5.69 Å². The zero-order chi connectivity index (χ0) is 11.4. The Morgan fingerprint density at radius 2 is 2.44 bits per heavy atom. The van der Waals surface area contributed by atoms with E-state index in [1.165, 1.54) is 37.0 Å².